The standard InChI is InChI=1S/C54H38N4/c1-3-14-36(15-4-1)53-54(56-47-21-11-10-20-46(47)55-53)37-23-28-41(29-24-37)57-48-22-12-9-19-43(48)44-33-38(26-30-49(44)57)39-27-31-50-45(34-39)52-42-18-8-7-13-35(42)25-32-51(52)58(50)40-16-5-2-6-17-40/h1-34,53-56H. The molecule has 58 heavy (non-hydrogen) atoms. The number of nitrogens with zero attached hydrogens (tertiary/aromatic N) is 2. The molecular weight excluding hydrogens is 705 g/mol. The molecule has 1 aliphatic rings. The van der Waals surface area contributed by atoms with Gasteiger partial charge in [0.2, 0.25) is 0 Å². The van der Waals surface area contributed by atoms with Crippen molar-refractivity contribution >= 4 is 65.8 Å². The Hall–Kier alpha value is -7.56. The van der Waals surface area contributed by atoms with Crippen LogP contribution in [0.3, 0.4) is 0 Å². The fraction of sp³-hybridized carbons (Fsp3) is 0.0370. The first kappa shape index (κ1) is 32.7. The Bertz CT molecular complexity index is 3340. The SMILES string of the molecule is c1ccc(C2Nc3ccccc3NC2c2ccc(-n3c4ccccc4c4cc(-c5ccc6c(c5)c5c7ccccc7ccc5n6-c5ccccc5)ccc43)cc2)cc1. The van der Waals surface area contributed by atoms with Crippen LogP contribution >= 0.6 is 0 Å². The van der Waals surface area contributed by atoms with Gasteiger partial charge in [-0.2, -0.15) is 0 Å². The third kappa shape index (κ3) is 5.08. The first-order valence-corrected chi connectivity index (χ1v) is 20.1. The van der Waals surface area contributed by atoms with Crippen LogP contribution in [0.2, 0.25) is 0 Å². The molecule has 4 heteroatoms. The van der Waals surface area contributed by atoms with Gasteiger partial charge in [-0.25, -0.2) is 0 Å². The second-order valence-electron chi connectivity index (χ2n) is 15.5. The number of hydrogen-bond donors (Lipinski definition) is 2. The molecule has 2 unspecified atom stereocenters. The fourth-order valence-corrected chi connectivity index (χ4v) is 9.54. The van der Waals surface area contributed by atoms with Crippen LogP contribution in [0.4, 0.5) is 11.4 Å². The maximum Gasteiger partial charge on any atom is 0.0758 e. The van der Waals surface area contributed by atoms with E-state index in [0.717, 1.165) is 17.1 Å². The number of para-hydroxylation sites is 4. The van der Waals surface area contributed by atoms with E-state index in [1.807, 2.05) is 0 Å². The minimum absolute atomic E-state index is 0.0594. The molecule has 1 aliphatic heterocycles. The van der Waals surface area contributed by atoms with Crippen molar-refractivity contribution in [3.05, 3.63) is 217 Å². The molecule has 0 radical (unpaired) electrons. The minimum Gasteiger partial charge on any atom is -0.374 e. The molecule has 274 valence electrons. The molecule has 0 amide bonds. The highest BCUT2D eigenvalue weighted by molar-refractivity contribution is 6.22. The van der Waals surface area contributed by atoms with Crippen molar-refractivity contribution in [2.45, 2.75) is 12.1 Å². The van der Waals surface area contributed by atoms with E-state index in [-0.39, 0.29) is 12.1 Å². The monoisotopic (exact) mass is 742 g/mol. The lowest BCUT2D eigenvalue weighted by molar-refractivity contribution is 0.636. The van der Waals surface area contributed by atoms with Gasteiger partial charge in [0, 0.05) is 32.9 Å². The predicted octanol–water partition coefficient (Wildman–Crippen LogP) is 14.0. The average Bonchev–Trinajstić information content (AvgIpc) is 3.82. The summed E-state index contributed by atoms with van der Waals surface area (Å²) in [6.45, 7) is 0. The summed E-state index contributed by atoms with van der Waals surface area (Å²) in [5.41, 5.74) is 14.3. The van der Waals surface area contributed by atoms with Gasteiger partial charge in [-0.15, -0.1) is 0 Å². The topological polar surface area (TPSA) is 33.9 Å². The zero-order valence-corrected chi connectivity index (χ0v) is 31.7. The van der Waals surface area contributed by atoms with E-state index in [9.17, 15) is 0 Å². The minimum atomic E-state index is 0.0594. The zero-order valence-electron chi connectivity index (χ0n) is 31.7. The fourth-order valence-electron chi connectivity index (χ4n) is 9.54. The van der Waals surface area contributed by atoms with Crippen LogP contribution in [0, 0.1) is 0 Å². The summed E-state index contributed by atoms with van der Waals surface area (Å²) in [5, 5.41) is 15.3. The largest absolute Gasteiger partial charge is 0.374 e. The number of rotatable bonds is 5. The third-order valence-corrected chi connectivity index (χ3v) is 12.2. The molecule has 2 N–H and O–H groups in total. The molecule has 0 saturated carbocycles. The Morgan fingerprint density at radius 1 is 0.328 bits per heavy atom. The highest BCUT2D eigenvalue weighted by Gasteiger charge is 2.30. The Labute approximate surface area is 336 Å². The summed E-state index contributed by atoms with van der Waals surface area (Å²) < 4.78 is 4.82. The van der Waals surface area contributed by atoms with Crippen LogP contribution in [0.5, 0.6) is 0 Å². The van der Waals surface area contributed by atoms with Crippen LogP contribution in [-0.2, 0) is 0 Å². The lowest BCUT2D eigenvalue weighted by atomic mass is 9.90. The van der Waals surface area contributed by atoms with Crippen molar-refractivity contribution in [3.63, 3.8) is 0 Å². The van der Waals surface area contributed by atoms with E-state index in [1.54, 1.807) is 0 Å². The second kappa shape index (κ2) is 13.0. The number of nitrogens with one attached hydrogen (secondary N) is 2. The molecule has 0 bridgehead atoms. The molecule has 4 nitrogen and oxygen atoms in total. The molecule has 2 atom stereocenters. The van der Waals surface area contributed by atoms with Crippen molar-refractivity contribution in [2.24, 2.45) is 0 Å². The summed E-state index contributed by atoms with van der Waals surface area (Å²) in [6, 6.07) is 75.3. The molecule has 0 saturated heterocycles. The van der Waals surface area contributed by atoms with Gasteiger partial charge in [-0.05, 0) is 106 Å². The highest BCUT2D eigenvalue weighted by atomic mass is 15.1. The summed E-state index contributed by atoms with van der Waals surface area (Å²) in [6.07, 6.45) is 0. The second-order valence-corrected chi connectivity index (χ2v) is 15.5. The molecule has 11 aromatic rings. The van der Waals surface area contributed by atoms with Crippen LogP contribution in [0.1, 0.15) is 23.2 Å². The lowest BCUT2D eigenvalue weighted by Gasteiger charge is -2.37. The molecule has 2 aromatic heterocycles. The number of benzene rings is 9. The maximum atomic E-state index is 3.87. The Balaban J connectivity index is 0.972. The Kier molecular flexibility index (Phi) is 7.32. The smallest absolute Gasteiger partial charge is 0.0758 e. The summed E-state index contributed by atoms with van der Waals surface area (Å²) in [5.74, 6) is 0. The molecule has 9 aromatic carbocycles. The van der Waals surface area contributed by atoms with Crippen LogP contribution < -0.4 is 10.6 Å². The van der Waals surface area contributed by atoms with Crippen LogP contribution in [-0.4, -0.2) is 9.13 Å². The van der Waals surface area contributed by atoms with E-state index in [2.05, 4.69) is 226 Å². The number of anilines is 2. The normalized spacial score (nSPS) is 15.2. The molecule has 0 aliphatic carbocycles. The van der Waals surface area contributed by atoms with E-state index in [1.165, 1.54) is 82.3 Å². The van der Waals surface area contributed by atoms with Gasteiger partial charge in [-0.3, -0.25) is 0 Å². The summed E-state index contributed by atoms with van der Waals surface area (Å²) in [4.78, 5) is 0. The van der Waals surface area contributed by atoms with Gasteiger partial charge in [-0.1, -0.05) is 133 Å². The van der Waals surface area contributed by atoms with E-state index in [4.69, 9.17) is 0 Å². The van der Waals surface area contributed by atoms with E-state index in [0.29, 0.717) is 0 Å². The van der Waals surface area contributed by atoms with Crippen molar-refractivity contribution < 1.29 is 0 Å². The van der Waals surface area contributed by atoms with Gasteiger partial charge < -0.3 is 19.8 Å². The number of hydrogen-bond acceptors (Lipinski definition) is 2. The Morgan fingerprint density at radius 2 is 0.828 bits per heavy atom. The third-order valence-electron chi connectivity index (χ3n) is 12.2. The molecular formula is C54H38N4. The van der Waals surface area contributed by atoms with E-state index < -0.39 is 0 Å². The van der Waals surface area contributed by atoms with E-state index >= 15 is 0 Å². The van der Waals surface area contributed by atoms with Gasteiger partial charge in [0.05, 0.1) is 45.5 Å². The van der Waals surface area contributed by atoms with Crippen LogP contribution in [0.25, 0.3) is 76.9 Å². The Morgan fingerprint density at radius 3 is 1.55 bits per heavy atom. The van der Waals surface area contributed by atoms with Crippen molar-refractivity contribution in [2.75, 3.05) is 10.6 Å². The number of fused-ring (bicyclic) bond motifs is 9. The lowest BCUT2D eigenvalue weighted by Crippen LogP contribution is -2.30. The molecule has 0 fully saturated rings. The zero-order chi connectivity index (χ0) is 38.2. The van der Waals surface area contributed by atoms with Crippen molar-refractivity contribution in [1.82, 2.24) is 9.13 Å². The van der Waals surface area contributed by atoms with Gasteiger partial charge in [0.25, 0.3) is 0 Å². The predicted molar refractivity (Wildman–Crippen MR) is 244 cm³/mol. The summed E-state index contributed by atoms with van der Waals surface area (Å²) in [7, 11) is 0. The molecule has 0 spiro atoms. The number of aromatic nitrogens is 2. The first-order chi connectivity index (χ1) is 28.8. The highest BCUT2D eigenvalue weighted by Crippen LogP contribution is 2.44. The van der Waals surface area contributed by atoms with Crippen molar-refractivity contribution in [3.8, 4) is 22.5 Å². The van der Waals surface area contributed by atoms with Gasteiger partial charge in [0.15, 0.2) is 0 Å². The van der Waals surface area contributed by atoms with Crippen molar-refractivity contribution in [1.29, 1.82) is 0 Å². The van der Waals surface area contributed by atoms with Gasteiger partial charge >= 0.3 is 0 Å². The average molecular weight is 743 g/mol. The van der Waals surface area contributed by atoms with Gasteiger partial charge in [0.1, 0.15) is 0 Å². The maximum absolute atomic E-state index is 3.87. The quantitative estimate of drug-likeness (QED) is 0.184. The molecule has 3 heterocycles. The molecule has 12 rings (SSSR count). The first-order valence-electron chi connectivity index (χ1n) is 20.1. The van der Waals surface area contributed by atoms with Crippen LogP contribution in [0.15, 0.2) is 206 Å². The summed E-state index contributed by atoms with van der Waals surface area (Å²) >= 11 is 0.